The number of alkyl halides is 3. The normalized spacial score (nSPS) is 14.2. The van der Waals surface area contributed by atoms with Gasteiger partial charge in [-0.15, -0.1) is 0 Å². The van der Waals surface area contributed by atoms with Crippen LogP contribution < -0.4 is 0 Å². The lowest BCUT2D eigenvalue weighted by Crippen LogP contribution is -2.21. The fraction of sp³-hybridized carbons (Fsp3) is 0.375. The molecule has 5 heteroatoms. The van der Waals surface area contributed by atoms with Crippen LogP contribution in [-0.2, 0) is 0 Å². The number of rotatable bonds is 1. The summed E-state index contributed by atoms with van der Waals surface area (Å²) in [6, 6.07) is 1.16. The highest BCUT2D eigenvalue weighted by molar-refractivity contribution is 5.24. The van der Waals surface area contributed by atoms with E-state index in [-0.39, 0.29) is 5.56 Å². The summed E-state index contributed by atoms with van der Waals surface area (Å²) in [5.41, 5.74) is 0.176. The number of hydrogen-bond acceptors (Lipinski definition) is 2. The Bertz CT molecular complexity index is 298. The molecule has 1 atom stereocenters. The molecule has 0 radical (unpaired) electrons. The van der Waals surface area contributed by atoms with Crippen molar-refractivity contribution in [1.82, 2.24) is 4.98 Å². The van der Waals surface area contributed by atoms with Crippen LogP contribution in [0.4, 0.5) is 13.2 Å². The minimum Gasteiger partial charge on any atom is -0.379 e. The summed E-state index contributed by atoms with van der Waals surface area (Å²) in [5.74, 6) is 0. The molecule has 1 unspecified atom stereocenters. The Morgan fingerprint density at radius 2 is 2.08 bits per heavy atom. The van der Waals surface area contributed by atoms with Crippen LogP contribution in [0.5, 0.6) is 0 Å². The number of hydrogen-bond donors (Lipinski definition) is 1. The van der Waals surface area contributed by atoms with Crippen molar-refractivity contribution < 1.29 is 18.3 Å². The molecule has 0 spiro atoms. The molecule has 1 aromatic heterocycles. The summed E-state index contributed by atoms with van der Waals surface area (Å²) < 4.78 is 36.1. The van der Waals surface area contributed by atoms with Crippen LogP contribution in [0.15, 0.2) is 18.5 Å². The topological polar surface area (TPSA) is 33.1 Å². The summed E-state index contributed by atoms with van der Waals surface area (Å²) in [6.07, 6.45) is -4.54. The predicted octanol–water partition coefficient (Wildman–Crippen LogP) is 1.99. The van der Waals surface area contributed by atoms with E-state index in [1.165, 1.54) is 19.3 Å². The Hall–Kier alpha value is -1.10. The molecule has 0 aromatic carbocycles. The third-order valence-corrected chi connectivity index (χ3v) is 1.67. The summed E-state index contributed by atoms with van der Waals surface area (Å²) >= 11 is 0. The highest BCUT2D eigenvalue weighted by Crippen LogP contribution is 2.33. The zero-order valence-electron chi connectivity index (χ0n) is 6.84. The fourth-order valence-corrected chi connectivity index (χ4v) is 0.967. The molecule has 0 saturated heterocycles. The van der Waals surface area contributed by atoms with E-state index in [4.69, 9.17) is 5.11 Å². The predicted molar refractivity (Wildman–Crippen MR) is 40.0 cm³/mol. The van der Waals surface area contributed by atoms with Gasteiger partial charge in [0.1, 0.15) is 0 Å². The van der Waals surface area contributed by atoms with E-state index >= 15 is 0 Å². The molecule has 13 heavy (non-hydrogen) atoms. The van der Waals surface area contributed by atoms with Crippen molar-refractivity contribution in [2.45, 2.75) is 19.2 Å². The molecule has 0 amide bonds. The smallest absolute Gasteiger partial charge is 0.379 e. The highest BCUT2D eigenvalue weighted by atomic mass is 19.4. The maximum absolute atomic E-state index is 12.0. The van der Waals surface area contributed by atoms with Crippen molar-refractivity contribution in [1.29, 1.82) is 0 Å². The van der Waals surface area contributed by atoms with Gasteiger partial charge in [0.2, 0.25) is 0 Å². The lowest BCUT2D eigenvalue weighted by molar-refractivity contribution is -0.207. The molecule has 72 valence electrons. The molecular formula is C8H8F3NO. The SMILES string of the molecule is Cc1cnccc1C(O)C(F)(F)F. The van der Waals surface area contributed by atoms with Crippen molar-refractivity contribution in [2.75, 3.05) is 0 Å². The molecule has 0 fully saturated rings. The van der Waals surface area contributed by atoms with Crippen LogP contribution in [0.25, 0.3) is 0 Å². The van der Waals surface area contributed by atoms with E-state index in [0.717, 1.165) is 6.07 Å². The second kappa shape index (κ2) is 3.33. The van der Waals surface area contributed by atoms with Gasteiger partial charge in [-0.05, 0) is 24.1 Å². The van der Waals surface area contributed by atoms with Crippen LogP contribution in [0, 0.1) is 6.92 Å². The summed E-state index contributed by atoms with van der Waals surface area (Å²) in [6.45, 7) is 1.47. The maximum Gasteiger partial charge on any atom is 0.418 e. The van der Waals surface area contributed by atoms with Gasteiger partial charge in [0.05, 0.1) is 0 Å². The third kappa shape index (κ3) is 2.18. The molecule has 1 aromatic rings. The lowest BCUT2D eigenvalue weighted by Gasteiger charge is -2.16. The Morgan fingerprint density at radius 3 is 2.54 bits per heavy atom. The fourth-order valence-electron chi connectivity index (χ4n) is 0.967. The van der Waals surface area contributed by atoms with Gasteiger partial charge in [0, 0.05) is 12.4 Å². The van der Waals surface area contributed by atoms with E-state index in [1.807, 2.05) is 0 Å². The Labute approximate surface area is 73.0 Å². The van der Waals surface area contributed by atoms with Gasteiger partial charge in [-0.2, -0.15) is 13.2 Å². The second-order valence-electron chi connectivity index (χ2n) is 2.68. The number of aliphatic hydroxyl groups is 1. The first-order valence-corrected chi connectivity index (χ1v) is 3.58. The molecule has 0 aliphatic rings. The maximum atomic E-state index is 12.0. The van der Waals surface area contributed by atoms with Crippen LogP contribution >= 0.6 is 0 Å². The van der Waals surface area contributed by atoms with E-state index in [2.05, 4.69) is 4.98 Å². The monoisotopic (exact) mass is 191 g/mol. The molecule has 2 nitrogen and oxygen atoms in total. The van der Waals surface area contributed by atoms with Crippen LogP contribution in [0.1, 0.15) is 17.2 Å². The van der Waals surface area contributed by atoms with Crippen LogP contribution in [0.2, 0.25) is 0 Å². The molecule has 1 N–H and O–H groups in total. The van der Waals surface area contributed by atoms with E-state index in [9.17, 15) is 13.2 Å². The zero-order valence-corrected chi connectivity index (χ0v) is 6.84. The highest BCUT2D eigenvalue weighted by Gasteiger charge is 2.39. The molecule has 0 saturated carbocycles. The van der Waals surface area contributed by atoms with E-state index < -0.39 is 12.3 Å². The number of pyridine rings is 1. The van der Waals surface area contributed by atoms with Crippen LogP contribution in [-0.4, -0.2) is 16.3 Å². The van der Waals surface area contributed by atoms with Crippen molar-refractivity contribution in [2.24, 2.45) is 0 Å². The quantitative estimate of drug-likeness (QED) is 0.736. The van der Waals surface area contributed by atoms with Gasteiger partial charge >= 0.3 is 6.18 Å². The summed E-state index contributed by atoms with van der Waals surface area (Å²) in [5, 5.41) is 8.89. The second-order valence-corrected chi connectivity index (χ2v) is 2.68. The number of aliphatic hydroxyl groups excluding tert-OH is 1. The van der Waals surface area contributed by atoms with Gasteiger partial charge in [0.15, 0.2) is 6.10 Å². The van der Waals surface area contributed by atoms with Gasteiger partial charge in [0.25, 0.3) is 0 Å². The van der Waals surface area contributed by atoms with Crippen molar-refractivity contribution in [3.63, 3.8) is 0 Å². The molecular weight excluding hydrogens is 183 g/mol. The molecule has 1 heterocycles. The van der Waals surface area contributed by atoms with E-state index in [1.54, 1.807) is 0 Å². The molecule has 0 aliphatic carbocycles. The van der Waals surface area contributed by atoms with Gasteiger partial charge in [-0.25, -0.2) is 0 Å². The van der Waals surface area contributed by atoms with E-state index in [0.29, 0.717) is 5.56 Å². The Morgan fingerprint density at radius 1 is 1.46 bits per heavy atom. The van der Waals surface area contributed by atoms with Gasteiger partial charge in [-0.1, -0.05) is 0 Å². The zero-order chi connectivity index (χ0) is 10.1. The van der Waals surface area contributed by atoms with Gasteiger partial charge in [-0.3, -0.25) is 4.98 Å². The first kappa shape index (κ1) is 9.98. The summed E-state index contributed by atoms with van der Waals surface area (Å²) in [4.78, 5) is 3.63. The largest absolute Gasteiger partial charge is 0.418 e. The van der Waals surface area contributed by atoms with Crippen molar-refractivity contribution in [3.8, 4) is 0 Å². The van der Waals surface area contributed by atoms with Crippen molar-refractivity contribution in [3.05, 3.63) is 29.6 Å². The van der Waals surface area contributed by atoms with Crippen LogP contribution in [0.3, 0.4) is 0 Å². The standard InChI is InChI=1S/C8H8F3NO/c1-5-4-12-3-2-6(5)7(13)8(9,10)11/h2-4,7,13H,1H3. The molecule has 1 rings (SSSR count). The first-order valence-electron chi connectivity index (χ1n) is 3.58. The van der Waals surface area contributed by atoms with Gasteiger partial charge < -0.3 is 5.11 Å². The average Bonchev–Trinajstić information content (AvgIpc) is 2.02. The lowest BCUT2D eigenvalue weighted by atomic mass is 10.1. The Balaban J connectivity index is 3.02. The third-order valence-electron chi connectivity index (χ3n) is 1.67. The number of aromatic nitrogens is 1. The van der Waals surface area contributed by atoms with Crippen molar-refractivity contribution >= 4 is 0 Å². The number of aryl methyl sites for hydroxylation is 1. The summed E-state index contributed by atoms with van der Waals surface area (Å²) in [7, 11) is 0. The molecule has 0 aliphatic heterocycles. The molecule has 0 bridgehead atoms. The Kier molecular flexibility index (Phi) is 2.56. The minimum absolute atomic E-state index is 0.150. The average molecular weight is 191 g/mol. The first-order chi connectivity index (χ1) is 5.93. The number of nitrogens with zero attached hydrogens (tertiary/aromatic N) is 1. The minimum atomic E-state index is -4.62. The number of halogens is 3.